The van der Waals surface area contributed by atoms with Crippen LogP contribution in [0.15, 0.2) is 30.3 Å². The van der Waals surface area contributed by atoms with Crippen molar-refractivity contribution in [3.8, 4) is 11.5 Å². The molecule has 100 valence electrons. The van der Waals surface area contributed by atoms with Crippen LogP contribution in [0.2, 0.25) is 0 Å². The maximum atomic E-state index is 13.5. The molecule has 2 aromatic rings. The van der Waals surface area contributed by atoms with Crippen molar-refractivity contribution in [3.63, 3.8) is 0 Å². The van der Waals surface area contributed by atoms with Crippen LogP contribution in [0.3, 0.4) is 0 Å². The van der Waals surface area contributed by atoms with Gasteiger partial charge in [-0.3, -0.25) is 4.79 Å². The number of carbonyl (C=O) groups is 1. The van der Waals surface area contributed by atoms with Crippen molar-refractivity contribution < 1.29 is 18.7 Å². The molecule has 0 radical (unpaired) electrons. The van der Waals surface area contributed by atoms with Crippen molar-refractivity contribution in [2.24, 2.45) is 0 Å². The fourth-order valence-corrected chi connectivity index (χ4v) is 1.69. The molecule has 0 fully saturated rings. The standard InChI is InChI=1S/C14H12ClFO3/c1-8(15)14(17)19-11-4-3-9-6-12(16)13(18-2)7-10(9)5-11/h3-8H,1-2H3. The van der Waals surface area contributed by atoms with Crippen LogP contribution in [0, 0.1) is 5.82 Å². The van der Waals surface area contributed by atoms with E-state index in [0.29, 0.717) is 16.5 Å². The Kier molecular flexibility index (Phi) is 3.90. The average Bonchev–Trinajstić information content (AvgIpc) is 2.38. The van der Waals surface area contributed by atoms with Gasteiger partial charge >= 0.3 is 5.97 Å². The first kappa shape index (κ1) is 13.6. The zero-order chi connectivity index (χ0) is 14.0. The lowest BCUT2D eigenvalue weighted by Gasteiger charge is -2.08. The molecule has 0 N–H and O–H groups in total. The molecule has 2 aromatic carbocycles. The van der Waals surface area contributed by atoms with Gasteiger partial charge in [-0.25, -0.2) is 4.39 Å². The van der Waals surface area contributed by atoms with Gasteiger partial charge in [0.05, 0.1) is 7.11 Å². The second-order valence-corrected chi connectivity index (χ2v) is 4.69. The minimum atomic E-state index is -0.724. The Balaban J connectivity index is 2.39. The van der Waals surface area contributed by atoms with E-state index in [1.807, 2.05) is 0 Å². The summed E-state index contributed by atoms with van der Waals surface area (Å²) in [5.41, 5.74) is 0. The number of alkyl halides is 1. The minimum absolute atomic E-state index is 0.140. The van der Waals surface area contributed by atoms with Gasteiger partial charge in [-0.05, 0) is 42.0 Å². The van der Waals surface area contributed by atoms with E-state index in [4.69, 9.17) is 21.1 Å². The Hall–Kier alpha value is -1.81. The Morgan fingerprint density at radius 1 is 1.26 bits per heavy atom. The summed E-state index contributed by atoms with van der Waals surface area (Å²) in [7, 11) is 1.39. The fraction of sp³-hybridized carbons (Fsp3) is 0.214. The predicted octanol–water partition coefficient (Wildman–Crippen LogP) is 3.52. The zero-order valence-electron chi connectivity index (χ0n) is 10.4. The van der Waals surface area contributed by atoms with E-state index >= 15 is 0 Å². The van der Waals surface area contributed by atoms with Gasteiger partial charge in [0.1, 0.15) is 11.1 Å². The van der Waals surface area contributed by atoms with Gasteiger partial charge in [-0.15, -0.1) is 11.6 Å². The quantitative estimate of drug-likeness (QED) is 0.491. The first-order valence-corrected chi connectivity index (χ1v) is 6.08. The molecule has 1 unspecified atom stereocenters. The summed E-state index contributed by atoms with van der Waals surface area (Å²) in [6.45, 7) is 1.53. The molecule has 0 aliphatic carbocycles. The van der Waals surface area contributed by atoms with E-state index in [1.54, 1.807) is 24.3 Å². The van der Waals surface area contributed by atoms with Crippen molar-refractivity contribution >= 4 is 28.3 Å². The molecule has 0 heterocycles. The highest BCUT2D eigenvalue weighted by molar-refractivity contribution is 6.29. The maximum absolute atomic E-state index is 13.5. The third-order valence-corrected chi connectivity index (χ3v) is 2.80. The number of esters is 1. The highest BCUT2D eigenvalue weighted by Gasteiger charge is 2.12. The van der Waals surface area contributed by atoms with Crippen molar-refractivity contribution in [1.82, 2.24) is 0 Å². The third kappa shape index (κ3) is 2.96. The van der Waals surface area contributed by atoms with Crippen molar-refractivity contribution in [1.29, 1.82) is 0 Å². The normalized spacial score (nSPS) is 12.2. The smallest absolute Gasteiger partial charge is 0.329 e. The lowest BCUT2D eigenvalue weighted by atomic mass is 10.1. The molecular formula is C14H12ClFO3. The third-order valence-electron chi connectivity index (χ3n) is 2.63. The van der Waals surface area contributed by atoms with Crippen molar-refractivity contribution in [2.45, 2.75) is 12.3 Å². The van der Waals surface area contributed by atoms with Crippen LogP contribution in [0.25, 0.3) is 10.8 Å². The van der Waals surface area contributed by atoms with Crippen LogP contribution in [0.4, 0.5) is 4.39 Å². The molecule has 0 amide bonds. The highest BCUT2D eigenvalue weighted by atomic mass is 35.5. The van der Waals surface area contributed by atoms with Crippen LogP contribution in [-0.2, 0) is 4.79 Å². The van der Waals surface area contributed by atoms with Crippen LogP contribution in [-0.4, -0.2) is 18.5 Å². The molecule has 0 aliphatic rings. The maximum Gasteiger partial charge on any atom is 0.329 e. The summed E-state index contributed by atoms with van der Waals surface area (Å²) in [4.78, 5) is 11.4. The van der Waals surface area contributed by atoms with E-state index < -0.39 is 17.2 Å². The van der Waals surface area contributed by atoms with E-state index in [-0.39, 0.29) is 5.75 Å². The van der Waals surface area contributed by atoms with Gasteiger partial charge in [0.2, 0.25) is 0 Å². The summed E-state index contributed by atoms with van der Waals surface area (Å²) >= 11 is 5.62. The number of hydrogen-bond donors (Lipinski definition) is 0. The Labute approximate surface area is 114 Å². The van der Waals surface area contributed by atoms with E-state index in [1.165, 1.54) is 20.1 Å². The molecule has 2 rings (SSSR count). The van der Waals surface area contributed by atoms with Gasteiger partial charge in [-0.2, -0.15) is 0 Å². The number of carbonyl (C=O) groups excluding carboxylic acids is 1. The number of methoxy groups -OCH3 is 1. The van der Waals surface area contributed by atoms with Gasteiger partial charge in [0.15, 0.2) is 11.6 Å². The van der Waals surface area contributed by atoms with Gasteiger partial charge in [-0.1, -0.05) is 6.07 Å². The zero-order valence-corrected chi connectivity index (χ0v) is 11.2. The molecule has 5 heteroatoms. The first-order chi connectivity index (χ1) is 9.01. The molecule has 0 saturated heterocycles. The molecule has 0 saturated carbocycles. The van der Waals surface area contributed by atoms with Crippen LogP contribution >= 0.6 is 11.6 Å². The average molecular weight is 283 g/mol. The summed E-state index contributed by atoms with van der Waals surface area (Å²) in [5.74, 6) is -0.468. The number of halogens is 2. The molecule has 0 spiro atoms. The topological polar surface area (TPSA) is 35.5 Å². The Bertz CT molecular complexity index is 625. The monoisotopic (exact) mass is 282 g/mol. The summed E-state index contributed by atoms with van der Waals surface area (Å²) in [6, 6.07) is 7.80. The molecule has 0 aliphatic heterocycles. The number of ether oxygens (including phenoxy) is 2. The van der Waals surface area contributed by atoms with Crippen LogP contribution < -0.4 is 9.47 Å². The highest BCUT2D eigenvalue weighted by Crippen LogP contribution is 2.27. The van der Waals surface area contributed by atoms with E-state index in [2.05, 4.69) is 0 Å². The van der Waals surface area contributed by atoms with Crippen molar-refractivity contribution in [3.05, 3.63) is 36.1 Å². The predicted molar refractivity (Wildman–Crippen MR) is 71.4 cm³/mol. The van der Waals surface area contributed by atoms with Crippen LogP contribution in [0.5, 0.6) is 11.5 Å². The SMILES string of the molecule is COc1cc2cc(OC(=O)C(C)Cl)ccc2cc1F. The molecule has 0 aromatic heterocycles. The lowest BCUT2D eigenvalue weighted by molar-refractivity contribution is -0.133. The number of hydrogen-bond acceptors (Lipinski definition) is 3. The second-order valence-electron chi connectivity index (χ2n) is 4.03. The fourth-order valence-electron chi connectivity index (χ4n) is 1.64. The Morgan fingerprint density at radius 3 is 2.63 bits per heavy atom. The minimum Gasteiger partial charge on any atom is -0.494 e. The number of benzene rings is 2. The Morgan fingerprint density at radius 2 is 2.00 bits per heavy atom. The van der Waals surface area contributed by atoms with E-state index in [0.717, 1.165) is 0 Å². The number of fused-ring (bicyclic) bond motifs is 1. The van der Waals surface area contributed by atoms with Gasteiger partial charge in [0.25, 0.3) is 0 Å². The molecule has 19 heavy (non-hydrogen) atoms. The largest absolute Gasteiger partial charge is 0.494 e. The van der Waals surface area contributed by atoms with Gasteiger partial charge < -0.3 is 9.47 Å². The molecule has 1 atom stereocenters. The van der Waals surface area contributed by atoms with Crippen LogP contribution in [0.1, 0.15) is 6.92 Å². The van der Waals surface area contributed by atoms with Gasteiger partial charge in [0, 0.05) is 0 Å². The molecule has 3 nitrogen and oxygen atoms in total. The summed E-state index contributed by atoms with van der Waals surface area (Å²) < 4.78 is 23.5. The molecule has 0 bridgehead atoms. The lowest BCUT2D eigenvalue weighted by Crippen LogP contribution is -2.17. The summed E-state index contributed by atoms with van der Waals surface area (Å²) in [5, 5.41) is 0.682. The number of rotatable bonds is 3. The van der Waals surface area contributed by atoms with E-state index in [9.17, 15) is 9.18 Å². The van der Waals surface area contributed by atoms with Crippen molar-refractivity contribution in [2.75, 3.05) is 7.11 Å². The second kappa shape index (κ2) is 5.45. The first-order valence-electron chi connectivity index (χ1n) is 5.64. The molecular weight excluding hydrogens is 271 g/mol. The summed E-state index contributed by atoms with van der Waals surface area (Å²) in [6.07, 6.45) is 0.